The molecule has 2 rings (SSSR count). The van der Waals surface area contributed by atoms with E-state index in [1.807, 2.05) is 18.2 Å². The van der Waals surface area contributed by atoms with Crippen molar-refractivity contribution in [3.8, 4) is 0 Å². The van der Waals surface area contributed by atoms with Crippen molar-refractivity contribution in [2.45, 2.75) is 30.5 Å². The van der Waals surface area contributed by atoms with Gasteiger partial charge in [0, 0.05) is 16.8 Å². The largest absolute Gasteiger partial charge is 0.315 e. The molecule has 8 heteroatoms. The number of aromatic amines is 1. The molecular formula is C13H15ClN2O3S2. The van der Waals surface area contributed by atoms with E-state index < -0.39 is 10.0 Å². The minimum absolute atomic E-state index is 0.0264. The molecular weight excluding hydrogens is 332 g/mol. The molecule has 0 bridgehead atoms. The highest BCUT2D eigenvalue weighted by molar-refractivity contribution is 7.91. The van der Waals surface area contributed by atoms with Crippen LogP contribution in [-0.4, -0.2) is 19.4 Å². The molecule has 0 aliphatic heterocycles. The van der Waals surface area contributed by atoms with Gasteiger partial charge in [-0.3, -0.25) is 4.79 Å². The number of H-pyrrole nitrogens is 1. The molecule has 1 aromatic heterocycles. The molecule has 2 N–H and O–H groups in total. The van der Waals surface area contributed by atoms with Crippen LogP contribution in [0.5, 0.6) is 0 Å². The summed E-state index contributed by atoms with van der Waals surface area (Å²) in [7, 11) is -3.71. The SMILES string of the molecule is Cc1[nH]c(=O)sc1S(=O)(=O)NC(C)Cc1ccccc1Cl. The highest BCUT2D eigenvalue weighted by Gasteiger charge is 2.23. The van der Waals surface area contributed by atoms with Crippen molar-refractivity contribution in [1.82, 2.24) is 9.71 Å². The summed E-state index contributed by atoms with van der Waals surface area (Å²) < 4.78 is 27.1. The summed E-state index contributed by atoms with van der Waals surface area (Å²) in [5.74, 6) is 0. The van der Waals surface area contributed by atoms with Gasteiger partial charge in [-0.05, 0) is 31.9 Å². The Kier molecular flexibility index (Phi) is 4.88. The van der Waals surface area contributed by atoms with Crippen LogP contribution in [0.4, 0.5) is 0 Å². The van der Waals surface area contributed by atoms with Crippen LogP contribution in [0.3, 0.4) is 0 Å². The van der Waals surface area contributed by atoms with E-state index >= 15 is 0 Å². The van der Waals surface area contributed by atoms with Crippen LogP contribution in [0.15, 0.2) is 33.3 Å². The number of thiazole rings is 1. The quantitative estimate of drug-likeness (QED) is 0.871. The van der Waals surface area contributed by atoms with Crippen LogP contribution < -0.4 is 9.60 Å². The average Bonchev–Trinajstić information content (AvgIpc) is 2.71. The molecule has 0 aliphatic carbocycles. The summed E-state index contributed by atoms with van der Waals surface area (Å²) in [5.41, 5.74) is 1.22. The number of halogens is 1. The van der Waals surface area contributed by atoms with Crippen LogP contribution in [-0.2, 0) is 16.4 Å². The third kappa shape index (κ3) is 3.94. The molecule has 0 spiro atoms. The summed E-state index contributed by atoms with van der Waals surface area (Å²) in [6, 6.07) is 6.95. The zero-order chi connectivity index (χ0) is 15.6. The van der Waals surface area contributed by atoms with E-state index in [4.69, 9.17) is 11.6 Å². The van der Waals surface area contributed by atoms with Crippen LogP contribution in [0.25, 0.3) is 0 Å². The van der Waals surface area contributed by atoms with E-state index in [1.54, 1.807) is 19.9 Å². The Labute approximate surface area is 132 Å². The third-order valence-corrected chi connectivity index (χ3v) is 6.43. The van der Waals surface area contributed by atoms with E-state index in [1.165, 1.54) is 0 Å². The van der Waals surface area contributed by atoms with Crippen molar-refractivity contribution in [3.63, 3.8) is 0 Å². The van der Waals surface area contributed by atoms with Gasteiger partial charge in [-0.15, -0.1) is 0 Å². The maximum absolute atomic E-state index is 12.3. The number of aryl methyl sites for hydroxylation is 1. The van der Waals surface area contributed by atoms with Gasteiger partial charge in [-0.1, -0.05) is 41.1 Å². The number of benzene rings is 1. The van der Waals surface area contributed by atoms with E-state index in [0.29, 0.717) is 28.5 Å². The van der Waals surface area contributed by atoms with Crippen molar-refractivity contribution in [1.29, 1.82) is 0 Å². The molecule has 1 unspecified atom stereocenters. The minimum atomic E-state index is -3.71. The van der Waals surface area contributed by atoms with Gasteiger partial charge >= 0.3 is 4.87 Å². The Morgan fingerprint density at radius 2 is 2.05 bits per heavy atom. The van der Waals surface area contributed by atoms with Crippen molar-refractivity contribution in [3.05, 3.63) is 50.2 Å². The zero-order valence-corrected chi connectivity index (χ0v) is 13.9. The Bertz CT molecular complexity index is 796. The number of rotatable bonds is 5. The molecule has 0 radical (unpaired) electrons. The molecule has 1 aromatic carbocycles. The van der Waals surface area contributed by atoms with Gasteiger partial charge in [0.1, 0.15) is 0 Å². The van der Waals surface area contributed by atoms with Crippen LogP contribution in [0.2, 0.25) is 5.02 Å². The second kappa shape index (κ2) is 6.31. The predicted molar refractivity (Wildman–Crippen MR) is 84.6 cm³/mol. The smallest absolute Gasteiger partial charge is 0.305 e. The first-order valence-corrected chi connectivity index (χ1v) is 8.93. The number of nitrogens with one attached hydrogen (secondary N) is 2. The summed E-state index contributed by atoms with van der Waals surface area (Å²) in [6.45, 7) is 3.32. The predicted octanol–water partition coefficient (Wildman–Crippen LogP) is 2.31. The van der Waals surface area contributed by atoms with E-state index in [0.717, 1.165) is 5.56 Å². The van der Waals surface area contributed by atoms with Crippen molar-refractivity contribution >= 4 is 33.0 Å². The molecule has 0 saturated heterocycles. The van der Waals surface area contributed by atoms with E-state index in [-0.39, 0.29) is 15.1 Å². The van der Waals surface area contributed by atoms with Gasteiger partial charge in [-0.2, -0.15) is 0 Å². The topological polar surface area (TPSA) is 79.0 Å². The fourth-order valence-corrected chi connectivity index (χ4v) is 4.77. The lowest BCUT2D eigenvalue weighted by molar-refractivity contribution is 0.561. The van der Waals surface area contributed by atoms with Crippen LogP contribution in [0.1, 0.15) is 18.2 Å². The highest BCUT2D eigenvalue weighted by Crippen LogP contribution is 2.19. The van der Waals surface area contributed by atoms with Gasteiger partial charge in [0.05, 0.1) is 0 Å². The fraction of sp³-hybridized carbons (Fsp3) is 0.308. The maximum atomic E-state index is 12.3. The highest BCUT2D eigenvalue weighted by atomic mass is 35.5. The Morgan fingerprint density at radius 1 is 1.38 bits per heavy atom. The minimum Gasteiger partial charge on any atom is -0.315 e. The van der Waals surface area contributed by atoms with Crippen molar-refractivity contribution < 1.29 is 8.42 Å². The first-order chi connectivity index (χ1) is 9.79. The van der Waals surface area contributed by atoms with Crippen molar-refractivity contribution in [2.75, 3.05) is 0 Å². The number of aromatic nitrogens is 1. The molecule has 0 amide bonds. The molecule has 0 saturated carbocycles. The Hall–Kier alpha value is -1.15. The van der Waals surface area contributed by atoms with Gasteiger partial charge in [0.25, 0.3) is 10.0 Å². The van der Waals surface area contributed by atoms with E-state index in [2.05, 4.69) is 9.71 Å². The third-order valence-electron chi connectivity index (χ3n) is 2.87. The first kappa shape index (κ1) is 16.2. The molecule has 1 heterocycles. The van der Waals surface area contributed by atoms with Crippen LogP contribution >= 0.6 is 22.9 Å². The van der Waals surface area contributed by atoms with Gasteiger partial charge in [0.2, 0.25) is 0 Å². The zero-order valence-electron chi connectivity index (χ0n) is 11.5. The number of sulfonamides is 1. The summed E-state index contributed by atoms with van der Waals surface area (Å²) in [4.78, 5) is 13.3. The molecule has 0 aliphatic rings. The molecule has 1 atom stereocenters. The number of hydrogen-bond donors (Lipinski definition) is 2. The summed E-state index contributed by atoms with van der Waals surface area (Å²) in [5, 5.41) is 0.603. The van der Waals surface area contributed by atoms with Gasteiger partial charge < -0.3 is 4.98 Å². The monoisotopic (exact) mass is 346 g/mol. The summed E-state index contributed by atoms with van der Waals surface area (Å²) in [6.07, 6.45) is 0.470. The molecule has 2 aromatic rings. The van der Waals surface area contributed by atoms with Crippen molar-refractivity contribution in [2.24, 2.45) is 0 Å². The molecule has 114 valence electrons. The lowest BCUT2D eigenvalue weighted by Gasteiger charge is -2.14. The lowest BCUT2D eigenvalue weighted by Crippen LogP contribution is -2.34. The van der Waals surface area contributed by atoms with Gasteiger partial charge in [0.15, 0.2) is 4.21 Å². The number of hydrogen-bond acceptors (Lipinski definition) is 4. The molecule has 21 heavy (non-hydrogen) atoms. The average molecular weight is 347 g/mol. The Balaban J connectivity index is 2.15. The van der Waals surface area contributed by atoms with Gasteiger partial charge in [-0.25, -0.2) is 13.1 Å². The van der Waals surface area contributed by atoms with Crippen LogP contribution in [0, 0.1) is 6.92 Å². The van der Waals surface area contributed by atoms with E-state index in [9.17, 15) is 13.2 Å². The maximum Gasteiger partial charge on any atom is 0.305 e. The second-order valence-corrected chi connectivity index (χ2v) is 8.04. The fourth-order valence-electron chi connectivity index (χ4n) is 2.00. The second-order valence-electron chi connectivity index (χ2n) is 4.74. The lowest BCUT2D eigenvalue weighted by atomic mass is 10.1. The normalized spacial score (nSPS) is 13.3. The Morgan fingerprint density at radius 3 is 2.62 bits per heavy atom. The molecule has 0 fully saturated rings. The summed E-state index contributed by atoms with van der Waals surface area (Å²) >= 11 is 6.75. The molecule has 5 nitrogen and oxygen atoms in total. The standard InChI is InChI=1S/C13H15ClN2O3S2/c1-8(7-10-5-3-4-6-11(10)14)16-21(18,19)12-9(2)15-13(17)20-12/h3-6,8,16H,7H2,1-2H3,(H,15,17). The first-order valence-electron chi connectivity index (χ1n) is 6.25.